The average molecular weight is 251 g/mol. The van der Waals surface area contributed by atoms with Crippen molar-refractivity contribution >= 4 is 5.91 Å². The van der Waals surface area contributed by atoms with E-state index in [1.807, 2.05) is 0 Å². The van der Waals surface area contributed by atoms with Gasteiger partial charge in [0.2, 0.25) is 5.91 Å². The lowest BCUT2D eigenvalue weighted by Gasteiger charge is -2.31. The fourth-order valence-corrected chi connectivity index (χ4v) is 3.07. The van der Waals surface area contributed by atoms with Gasteiger partial charge in [-0.1, -0.05) is 30.9 Å². The highest BCUT2D eigenvalue weighted by Crippen LogP contribution is 2.30. The minimum Gasteiger partial charge on any atom is -0.389 e. The van der Waals surface area contributed by atoms with Crippen LogP contribution in [0.5, 0.6) is 0 Å². The molecule has 0 aromatic heterocycles. The lowest BCUT2D eigenvalue weighted by molar-refractivity contribution is -0.127. The van der Waals surface area contributed by atoms with Crippen LogP contribution in [0.15, 0.2) is 11.6 Å². The first-order valence-corrected chi connectivity index (χ1v) is 7.35. The minimum atomic E-state index is -0.727. The van der Waals surface area contributed by atoms with Crippen molar-refractivity contribution in [3.05, 3.63) is 11.6 Å². The molecule has 1 fully saturated rings. The number of carbonyl (C=O) groups excluding carboxylic acids is 1. The van der Waals surface area contributed by atoms with Crippen molar-refractivity contribution in [2.75, 3.05) is 6.54 Å². The standard InChI is InChI=1S/C15H25NO2/c17-14(12-15(18)9-4-1-5-10-15)16-11-8-13-6-2-3-7-13/h6,18H,1-5,7-12H2,(H,16,17). The molecule has 2 N–H and O–H groups in total. The van der Waals surface area contributed by atoms with Crippen molar-refractivity contribution in [2.45, 2.75) is 69.8 Å². The van der Waals surface area contributed by atoms with Crippen LogP contribution in [0, 0.1) is 0 Å². The summed E-state index contributed by atoms with van der Waals surface area (Å²) in [5.74, 6) is 0.0120. The third kappa shape index (κ3) is 4.13. The largest absolute Gasteiger partial charge is 0.389 e. The Bertz CT molecular complexity index is 316. The molecule has 0 heterocycles. The summed E-state index contributed by atoms with van der Waals surface area (Å²) in [7, 11) is 0. The molecule has 0 radical (unpaired) electrons. The molecule has 0 bridgehead atoms. The minimum absolute atomic E-state index is 0.0120. The Hall–Kier alpha value is -0.830. The van der Waals surface area contributed by atoms with Gasteiger partial charge in [-0.15, -0.1) is 0 Å². The Morgan fingerprint density at radius 2 is 2.06 bits per heavy atom. The summed E-state index contributed by atoms with van der Waals surface area (Å²) >= 11 is 0. The molecule has 1 amide bonds. The van der Waals surface area contributed by atoms with Gasteiger partial charge in [-0.25, -0.2) is 0 Å². The summed E-state index contributed by atoms with van der Waals surface area (Å²) in [5, 5.41) is 13.2. The van der Waals surface area contributed by atoms with Crippen LogP contribution in [0.3, 0.4) is 0 Å². The Morgan fingerprint density at radius 1 is 1.28 bits per heavy atom. The van der Waals surface area contributed by atoms with Crippen LogP contribution in [-0.4, -0.2) is 23.2 Å². The molecule has 2 rings (SSSR count). The zero-order chi connectivity index (χ0) is 12.8. The fourth-order valence-electron chi connectivity index (χ4n) is 3.07. The monoisotopic (exact) mass is 251 g/mol. The summed E-state index contributed by atoms with van der Waals surface area (Å²) in [6, 6.07) is 0. The lowest BCUT2D eigenvalue weighted by atomic mass is 9.82. The zero-order valence-electron chi connectivity index (χ0n) is 11.2. The number of nitrogens with one attached hydrogen (secondary N) is 1. The van der Waals surface area contributed by atoms with Crippen LogP contribution < -0.4 is 5.32 Å². The second kappa shape index (κ2) is 6.37. The highest BCUT2D eigenvalue weighted by atomic mass is 16.3. The number of rotatable bonds is 5. The van der Waals surface area contributed by atoms with Crippen LogP contribution in [0.1, 0.15) is 64.2 Å². The van der Waals surface area contributed by atoms with E-state index in [2.05, 4.69) is 11.4 Å². The normalized spacial score (nSPS) is 22.6. The second-order valence-corrected chi connectivity index (χ2v) is 5.82. The summed E-state index contributed by atoms with van der Waals surface area (Å²) < 4.78 is 0. The van der Waals surface area contributed by atoms with Crippen LogP contribution in [0.4, 0.5) is 0 Å². The van der Waals surface area contributed by atoms with Gasteiger partial charge >= 0.3 is 0 Å². The van der Waals surface area contributed by atoms with Crippen molar-refractivity contribution in [3.63, 3.8) is 0 Å². The van der Waals surface area contributed by atoms with Gasteiger partial charge in [0.1, 0.15) is 0 Å². The van der Waals surface area contributed by atoms with E-state index >= 15 is 0 Å². The number of amides is 1. The van der Waals surface area contributed by atoms with Gasteiger partial charge in [0.05, 0.1) is 12.0 Å². The molecule has 0 aromatic rings. The maximum atomic E-state index is 11.8. The second-order valence-electron chi connectivity index (χ2n) is 5.82. The van der Waals surface area contributed by atoms with E-state index in [0.717, 1.165) is 38.6 Å². The summed E-state index contributed by atoms with van der Waals surface area (Å²) in [6.45, 7) is 0.723. The molecular weight excluding hydrogens is 226 g/mol. The quantitative estimate of drug-likeness (QED) is 0.738. The van der Waals surface area contributed by atoms with E-state index < -0.39 is 5.60 Å². The molecule has 0 saturated heterocycles. The first-order chi connectivity index (χ1) is 8.68. The number of aliphatic hydroxyl groups is 1. The van der Waals surface area contributed by atoms with E-state index in [1.165, 1.54) is 31.3 Å². The predicted octanol–water partition coefficient (Wildman–Crippen LogP) is 2.69. The first-order valence-electron chi connectivity index (χ1n) is 7.35. The SMILES string of the molecule is O=C(CC1(O)CCCCC1)NCCC1=CCCC1. The molecule has 18 heavy (non-hydrogen) atoms. The van der Waals surface area contributed by atoms with Crippen molar-refractivity contribution in [1.82, 2.24) is 5.32 Å². The van der Waals surface area contributed by atoms with Crippen LogP contribution in [0.25, 0.3) is 0 Å². The van der Waals surface area contributed by atoms with Crippen LogP contribution in [0.2, 0.25) is 0 Å². The van der Waals surface area contributed by atoms with Crippen molar-refractivity contribution in [1.29, 1.82) is 0 Å². The molecule has 3 nitrogen and oxygen atoms in total. The zero-order valence-corrected chi connectivity index (χ0v) is 11.2. The highest BCUT2D eigenvalue weighted by molar-refractivity contribution is 5.77. The van der Waals surface area contributed by atoms with Crippen molar-refractivity contribution < 1.29 is 9.90 Å². The Balaban J connectivity index is 1.65. The average Bonchev–Trinajstić information content (AvgIpc) is 2.82. The first kappa shape index (κ1) is 13.6. The van der Waals surface area contributed by atoms with Crippen LogP contribution >= 0.6 is 0 Å². The number of carbonyl (C=O) groups is 1. The molecule has 102 valence electrons. The molecule has 2 aliphatic carbocycles. The van der Waals surface area contributed by atoms with E-state index in [0.29, 0.717) is 0 Å². The Labute approximate surface area is 110 Å². The van der Waals surface area contributed by atoms with Crippen LogP contribution in [-0.2, 0) is 4.79 Å². The van der Waals surface area contributed by atoms with Gasteiger partial charge in [0.25, 0.3) is 0 Å². The molecule has 0 aliphatic heterocycles. The Morgan fingerprint density at radius 3 is 2.72 bits per heavy atom. The van der Waals surface area contributed by atoms with Gasteiger partial charge in [0.15, 0.2) is 0 Å². The fraction of sp³-hybridized carbons (Fsp3) is 0.800. The summed E-state index contributed by atoms with van der Waals surface area (Å²) in [4.78, 5) is 11.8. The van der Waals surface area contributed by atoms with Gasteiger partial charge in [-0.2, -0.15) is 0 Å². The molecule has 1 saturated carbocycles. The maximum absolute atomic E-state index is 11.8. The highest BCUT2D eigenvalue weighted by Gasteiger charge is 2.31. The molecule has 0 unspecified atom stereocenters. The van der Waals surface area contributed by atoms with Crippen molar-refractivity contribution in [3.8, 4) is 0 Å². The van der Waals surface area contributed by atoms with E-state index in [-0.39, 0.29) is 12.3 Å². The molecule has 0 atom stereocenters. The molecular formula is C15H25NO2. The summed E-state index contributed by atoms with van der Waals surface area (Å²) in [6.07, 6.45) is 12.1. The predicted molar refractivity (Wildman–Crippen MR) is 72.2 cm³/mol. The number of hydrogen-bond acceptors (Lipinski definition) is 2. The van der Waals surface area contributed by atoms with E-state index in [1.54, 1.807) is 0 Å². The van der Waals surface area contributed by atoms with Gasteiger partial charge in [-0.3, -0.25) is 4.79 Å². The smallest absolute Gasteiger partial charge is 0.222 e. The summed E-state index contributed by atoms with van der Waals surface area (Å²) in [5.41, 5.74) is 0.751. The Kier molecular flexibility index (Phi) is 4.81. The molecule has 0 aromatic carbocycles. The molecule has 0 spiro atoms. The van der Waals surface area contributed by atoms with Gasteiger partial charge in [-0.05, 0) is 38.5 Å². The number of hydrogen-bond donors (Lipinski definition) is 2. The lowest BCUT2D eigenvalue weighted by Crippen LogP contribution is -2.38. The number of allylic oxidation sites excluding steroid dienone is 1. The van der Waals surface area contributed by atoms with Gasteiger partial charge < -0.3 is 10.4 Å². The molecule has 3 heteroatoms. The van der Waals surface area contributed by atoms with E-state index in [4.69, 9.17) is 0 Å². The molecule has 2 aliphatic rings. The maximum Gasteiger partial charge on any atom is 0.222 e. The van der Waals surface area contributed by atoms with Gasteiger partial charge in [0, 0.05) is 6.54 Å². The van der Waals surface area contributed by atoms with E-state index in [9.17, 15) is 9.90 Å². The topological polar surface area (TPSA) is 49.3 Å². The third-order valence-corrected chi connectivity index (χ3v) is 4.18. The third-order valence-electron chi connectivity index (χ3n) is 4.18. The van der Waals surface area contributed by atoms with Crippen molar-refractivity contribution in [2.24, 2.45) is 0 Å².